The van der Waals surface area contributed by atoms with Crippen molar-refractivity contribution >= 4 is 56.5 Å². The van der Waals surface area contributed by atoms with Crippen molar-refractivity contribution in [2.75, 3.05) is 18.1 Å². The molecule has 1 aliphatic rings. The standard InChI is InChI=1S/C34H29N3O5S2/c1-3-41-26-18-17-23(19-27(26)42-4-2)29-28(30(38)22-12-6-5-7-13-22)31(39)32(40)37(29)33-35-36-34(44-33)43-20-24-15-10-14-21-11-8-9-16-25(21)24/h5-19,29,38H,3-4,20H2,1-2H3. The molecule has 0 radical (unpaired) electrons. The Kier molecular flexibility index (Phi) is 8.63. The summed E-state index contributed by atoms with van der Waals surface area (Å²) in [5, 5.41) is 22.7. The van der Waals surface area contributed by atoms with Crippen LogP contribution in [-0.2, 0) is 15.3 Å². The van der Waals surface area contributed by atoms with Crippen LogP contribution in [0.5, 0.6) is 11.5 Å². The number of nitrogens with zero attached hydrogens (tertiary/aromatic N) is 3. The first-order valence-electron chi connectivity index (χ1n) is 14.2. The molecule has 1 aliphatic heterocycles. The van der Waals surface area contributed by atoms with Crippen LogP contribution in [0.1, 0.15) is 36.6 Å². The van der Waals surface area contributed by atoms with E-state index < -0.39 is 17.7 Å². The van der Waals surface area contributed by atoms with Gasteiger partial charge in [-0.2, -0.15) is 0 Å². The van der Waals surface area contributed by atoms with Crippen molar-refractivity contribution in [3.05, 3.63) is 113 Å². The monoisotopic (exact) mass is 623 g/mol. The number of ether oxygens (including phenoxy) is 2. The van der Waals surface area contributed by atoms with E-state index in [2.05, 4.69) is 34.5 Å². The number of aliphatic hydroxyl groups excluding tert-OH is 1. The minimum Gasteiger partial charge on any atom is -0.507 e. The number of benzene rings is 4. The van der Waals surface area contributed by atoms with Gasteiger partial charge in [0.1, 0.15) is 5.76 Å². The molecule has 10 heteroatoms. The van der Waals surface area contributed by atoms with Crippen molar-refractivity contribution in [2.24, 2.45) is 0 Å². The fourth-order valence-corrected chi connectivity index (χ4v) is 7.12. The summed E-state index contributed by atoms with van der Waals surface area (Å²) < 4.78 is 12.2. The van der Waals surface area contributed by atoms with Gasteiger partial charge in [-0.25, -0.2) is 0 Å². The zero-order valence-electron chi connectivity index (χ0n) is 24.1. The average Bonchev–Trinajstić information content (AvgIpc) is 3.62. The first kappa shape index (κ1) is 29.4. The van der Waals surface area contributed by atoms with E-state index in [0.717, 1.165) is 10.9 Å². The summed E-state index contributed by atoms with van der Waals surface area (Å²) in [6.45, 7) is 4.57. The van der Waals surface area contributed by atoms with Gasteiger partial charge in [0, 0.05) is 11.3 Å². The molecule has 222 valence electrons. The van der Waals surface area contributed by atoms with E-state index in [-0.39, 0.29) is 16.5 Å². The predicted octanol–water partition coefficient (Wildman–Crippen LogP) is 7.41. The van der Waals surface area contributed by atoms with Crippen LogP contribution in [0.25, 0.3) is 16.5 Å². The van der Waals surface area contributed by atoms with Gasteiger partial charge in [-0.1, -0.05) is 102 Å². The second-order valence-electron chi connectivity index (χ2n) is 9.88. The van der Waals surface area contributed by atoms with Gasteiger partial charge >= 0.3 is 5.91 Å². The maximum atomic E-state index is 13.7. The molecule has 0 aliphatic carbocycles. The molecular weight excluding hydrogens is 595 g/mol. The van der Waals surface area contributed by atoms with Crippen molar-refractivity contribution in [3.63, 3.8) is 0 Å². The van der Waals surface area contributed by atoms with E-state index in [1.54, 1.807) is 42.5 Å². The summed E-state index contributed by atoms with van der Waals surface area (Å²) in [7, 11) is 0. The fourth-order valence-electron chi connectivity index (χ4n) is 5.25. The van der Waals surface area contributed by atoms with Crippen molar-refractivity contribution in [1.29, 1.82) is 0 Å². The predicted molar refractivity (Wildman–Crippen MR) is 173 cm³/mol. The zero-order chi connectivity index (χ0) is 30.6. The number of rotatable bonds is 10. The quantitative estimate of drug-likeness (QED) is 0.0564. The molecule has 1 aromatic heterocycles. The van der Waals surface area contributed by atoms with E-state index in [9.17, 15) is 14.7 Å². The minimum atomic E-state index is -0.964. The maximum Gasteiger partial charge on any atom is 0.301 e. The SMILES string of the molecule is CCOc1ccc(C2C(=C(O)c3ccccc3)C(=O)C(=O)N2c2nnc(SCc3cccc4ccccc34)s2)cc1OCC. The number of aromatic nitrogens is 2. The van der Waals surface area contributed by atoms with Crippen molar-refractivity contribution in [1.82, 2.24) is 10.2 Å². The van der Waals surface area contributed by atoms with Crippen LogP contribution < -0.4 is 14.4 Å². The summed E-state index contributed by atoms with van der Waals surface area (Å²) in [6, 6.07) is 27.4. The third-order valence-electron chi connectivity index (χ3n) is 7.21. The summed E-state index contributed by atoms with van der Waals surface area (Å²) in [5.41, 5.74) is 2.11. The topological polar surface area (TPSA) is 102 Å². The number of carbonyl (C=O) groups is 2. The van der Waals surface area contributed by atoms with Crippen molar-refractivity contribution < 1.29 is 24.2 Å². The highest BCUT2D eigenvalue weighted by molar-refractivity contribution is 8.00. The molecule has 1 N–H and O–H groups in total. The average molecular weight is 624 g/mol. The lowest BCUT2D eigenvalue weighted by Crippen LogP contribution is -2.29. The van der Waals surface area contributed by atoms with Gasteiger partial charge in [0.25, 0.3) is 5.78 Å². The Morgan fingerprint density at radius 1 is 0.886 bits per heavy atom. The summed E-state index contributed by atoms with van der Waals surface area (Å²) in [4.78, 5) is 28.6. The molecule has 5 aromatic rings. The molecule has 1 fully saturated rings. The van der Waals surface area contributed by atoms with Gasteiger partial charge in [0.05, 0.1) is 24.8 Å². The second-order valence-corrected chi connectivity index (χ2v) is 12.1. The van der Waals surface area contributed by atoms with Crippen LogP contribution in [-0.4, -0.2) is 40.2 Å². The molecule has 44 heavy (non-hydrogen) atoms. The smallest absolute Gasteiger partial charge is 0.301 e. The van der Waals surface area contributed by atoms with Gasteiger partial charge in [0.2, 0.25) is 5.13 Å². The lowest BCUT2D eigenvalue weighted by atomic mass is 9.95. The van der Waals surface area contributed by atoms with Gasteiger partial charge in [-0.15, -0.1) is 10.2 Å². The van der Waals surface area contributed by atoms with Crippen LogP contribution >= 0.6 is 23.1 Å². The highest BCUT2D eigenvalue weighted by Gasteiger charge is 2.48. The molecule has 6 rings (SSSR count). The Morgan fingerprint density at radius 2 is 1.61 bits per heavy atom. The molecule has 4 aromatic carbocycles. The largest absolute Gasteiger partial charge is 0.507 e. The number of Topliss-reactive ketones (excluding diaryl/α,β-unsaturated/α-hetero) is 1. The number of fused-ring (bicyclic) bond motifs is 1. The number of amides is 1. The number of carbonyl (C=O) groups excluding carboxylic acids is 2. The number of anilines is 1. The molecule has 1 atom stereocenters. The van der Waals surface area contributed by atoms with Crippen molar-refractivity contribution in [2.45, 2.75) is 30.0 Å². The van der Waals surface area contributed by atoms with Gasteiger partial charge < -0.3 is 14.6 Å². The number of thioether (sulfide) groups is 1. The van der Waals surface area contributed by atoms with E-state index in [0.29, 0.717) is 45.9 Å². The highest BCUT2D eigenvalue weighted by Crippen LogP contribution is 2.45. The van der Waals surface area contributed by atoms with Crippen molar-refractivity contribution in [3.8, 4) is 11.5 Å². The van der Waals surface area contributed by atoms with Crippen LogP contribution in [0.15, 0.2) is 101 Å². The van der Waals surface area contributed by atoms with Crippen LogP contribution in [0, 0.1) is 0 Å². The van der Waals surface area contributed by atoms with Crippen LogP contribution in [0.3, 0.4) is 0 Å². The molecule has 0 spiro atoms. The van der Waals surface area contributed by atoms with Gasteiger partial charge in [0.15, 0.2) is 15.8 Å². The molecule has 1 saturated heterocycles. The van der Waals surface area contributed by atoms with E-state index in [4.69, 9.17) is 9.47 Å². The molecule has 0 saturated carbocycles. The van der Waals surface area contributed by atoms with E-state index >= 15 is 0 Å². The number of hydrogen-bond donors (Lipinski definition) is 1. The molecule has 8 nitrogen and oxygen atoms in total. The van der Waals surface area contributed by atoms with E-state index in [1.807, 2.05) is 38.1 Å². The number of ketones is 1. The minimum absolute atomic E-state index is 0.0343. The molecule has 0 bridgehead atoms. The fraction of sp³-hybridized carbons (Fsp3) is 0.176. The zero-order valence-corrected chi connectivity index (χ0v) is 25.7. The van der Waals surface area contributed by atoms with Crippen LogP contribution in [0.4, 0.5) is 5.13 Å². The second kappa shape index (κ2) is 12.9. The third-order valence-corrected chi connectivity index (χ3v) is 9.31. The Morgan fingerprint density at radius 3 is 2.41 bits per heavy atom. The van der Waals surface area contributed by atoms with Gasteiger partial charge in [-0.05, 0) is 47.9 Å². The lowest BCUT2D eigenvalue weighted by molar-refractivity contribution is -0.132. The Labute approximate surface area is 263 Å². The van der Waals surface area contributed by atoms with Crippen LogP contribution in [0.2, 0.25) is 0 Å². The Bertz CT molecular complexity index is 1870. The lowest BCUT2D eigenvalue weighted by Gasteiger charge is -2.23. The summed E-state index contributed by atoms with van der Waals surface area (Å²) in [5.74, 6) is -0.187. The molecular formula is C34H29N3O5S2. The number of hydrogen-bond acceptors (Lipinski definition) is 9. The van der Waals surface area contributed by atoms with Gasteiger partial charge in [-0.3, -0.25) is 14.5 Å². The first-order valence-corrected chi connectivity index (χ1v) is 16.0. The molecule has 1 amide bonds. The normalized spacial score (nSPS) is 16.0. The maximum absolute atomic E-state index is 13.7. The molecule has 2 heterocycles. The first-order chi connectivity index (χ1) is 21.5. The third kappa shape index (κ3) is 5.66. The highest BCUT2D eigenvalue weighted by atomic mass is 32.2. The summed E-state index contributed by atoms with van der Waals surface area (Å²) in [6.07, 6.45) is 0. The Hall–Kier alpha value is -4.67. The molecule has 1 unspecified atom stereocenters. The van der Waals surface area contributed by atoms with E-state index in [1.165, 1.54) is 33.4 Å². The Balaban J connectivity index is 1.40. The number of aliphatic hydroxyl groups is 1. The summed E-state index contributed by atoms with van der Waals surface area (Å²) >= 11 is 2.74.